The lowest BCUT2D eigenvalue weighted by Crippen LogP contribution is -2.31. The molecule has 1 aliphatic heterocycles. The molecule has 1 atom stereocenters. The van der Waals surface area contributed by atoms with E-state index >= 15 is 0 Å². The average molecular weight is 435 g/mol. The lowest BCUT2D eigenvalue weighted by Gasteiger charge is -2.19. The molecular formula is C23H21N3O6. The molecule has 1 aromatic heterocycles. The minimum Gasteiger partial charge on any atom is -0.486 e. The van der Waals surface area contributed by atoms with E-state index in [9.17, 15) is 14.4 Å². The van der Waals surface area contributed by atoms with E-state index in [-0.39, 0.29) is 17.8 Å². The summed E-state index contributed by atoms with van der Waals surface area (Å²) in [5, 5.41) is 6.75. The zero-order valence-electron chi connectivity index (χ0n) is 17.3. The summed E-state index contributed by atoms with van der Waals surface area (Å²) in [6.07, 6.45) is -1.09. The van der Waals surface area contributed by atoms with E-state index in [1.807, 2.05) is 30.3 Å². The number of carbonyl (C=O) groups is 2. The van der Waals surface area contributed by atoms with Gasteiger partial charge in [0.1, 0.15) is 13.2 Å². The van der Waals surface area contributed by atoms with Gasteiger partial charge in [0.2, 0.25) is 0 Å². The van der Waals surface area contributed by atoms with Gasteiger partial charge in [-0.2, -0.15) is 5.10 Å². The fourth-order valence-electron chi connectivity index (χ4n) is 3.07. The maximum absolute atomic E-state index is 12.5. The third-order valence-electron chi connectivity index (χ3n) is 4.71. The van der Waals surface area contributed by atoms with Gasteiger partial charge in [-0.25, -0.2) is 9.48 Å². The van der Waals surface area contributed by atoms with Crippen molar-refractivity contribution in [3.8, 4) is 11.5 Å². The zero-order valence-corrected chi connectivity index (χ0v) is 17.3. The highest BCUT2D eigenvalue weighted by molar-refractivity contribution is 5.97. The summed E-state index contributed by atoms with van der Waals surface area (Å²) in [5.74, 6) is -0.196. The second-order valence-electron chi connectivity index (χ2n) is 7.10. The highest BCUT2D eigenvalue weighted by Gasteiger charge is 2.21. The number of nitrogens with zero attached hydrogens (tertiary/aromatic N) is 2. The molecule has 1 N–H and O–H groups in total. The van der Waals surface area contributed by atoms with Gasteiger partial charge in [-0.3, -0.25) is 9.59 Å². The van der Waals surface area contributed by atoms with Gasteiger partial charge in [-0.05, 0) is 30.7 Å². The van der Waals surface area contributed by atoms with Crippen LogP contribution in [-0.4, -0.2) is 41.0 Å². The molecule has 0 aliphatic carbocycles. The summed E-state index contributed by atoms with van der Waals surface area (Å²) in [4.78, 5) is 37.1. The number of anilines is 1. The predicted octanol–water partition coefficient (Wildman–Crippen LogP) is 2.25. The Kier molecular flexibility index (Phi) is 6.16. The number of nitrogens with one attached hydrogen (secondary N) is 1. The molecule has 164 valence electrons. The molecule has 1 unspecified atom stereocenters. The minimum absolute atomic E-state index is 0.0699. The van der Waals surface area contributed by atoms with Crippen LogP contribution in [0.25, 0.3) is 0 Å². The maximum atomic E-state index is 12.5. The van der Waals surface area contributed by atoms with Gasteiger partial charge in [0, 0.05) is 17.8 Å². The summed E-state index contributed by atoms with van der Waals surface area (Å²) >= 11 is 0. The molecule has 2 heterocycles. The first-order valence-electron chi connectivity index (χ1n) is 10.0. The second-order valence-corrected chi connectivity index (χ2v) is 7.10. The summed E-state index contributed by atoms with van der Waals surface area (Å²) in [6, 6.07) is 16.8. The van der Waals surface area contributed by atoms with E-state index in [0.29, 0.717) is 30.4 Å². The predicted molar refractivity (Wildman–Crippen MR) is 115 cm³/mol. The van der Waals surface area contributed by atoms with Gasteiger partial charge >= 0.3 is 5.97 Å². The van der Waals surface area contributed by atoms with Crippen molar-refractivity contribution >= 4 is 17.6 Å². The van der Waals surface area contributed by atoms with Crippen molar-refractivity contribution in [3.63, 3.8) is 0 Å². The van der Waals surface area contributed by atoms with E-state index < -0.39 is 18.0 Å². The number of aromatic nitrogens is 2. The molecule has 0 bridgehead atoms. The van der Waals surface area contributed by atoms with Crippen molar-refractivity contribution in [1.29, 1.82) is 0 Å². The van der Waals surface area contributed by atoms with Crippen LogP contribution in [0.4, 0.5) is 5.69 Å². The van der Waals surface area contributed by atoms with Gasteiger partial charge < -0.3 is 19.5 Å². The van der Waals surface area contributed by atoms with Gasteiger partial charge in [0.25, 0.3) is 11.5 Å². The molecule has 4 rings (SSSR count). The van der Waals surface area contributed by atoms with Crippen LogP contribution in [0.1, 0.15) is 23.0 Å². The molecule has 0 radical (unpaired) electrons. The minimum atomic E-state index is -1.09. The molecule has 3 aromatic rings. The van der Waals surface area contributed by atoms with Crippen LogP contribution >= 0.6 is 0 Å². The molecule has 0 saturated carbocycles. The largest absolute Gasteiger partial charge is 0.486 e. The topological polar surface area (TPSA) is 109 Å². The fraction of sp³-hybridized carbons (Fsp3) is 0.217. The van der Waals surface area contributed by atoms with Crippen LogP contribution in [0.2, 0.25) is 0 Å². The van der Waals surface area contributed by atoms with Crippen molar-refractivity contribution in [2.24, 2.45) is 0 Å². The van der Waals surface area contributed by atoms with E-state index in [4.69, 9.17) is 14.2 Å². The van der Waals surface area contributed by atoms with E-state index in [0.717, 1.165) is 5.56 Å². The van der Waals surface area contributed by atoms with Crippen LogP contribution in [0.15, 0.2) is 65.5 Å². The number of benzene rings is 2. The second kappa shape index (κ2) is 9.34. The Labute approximate surface area is 183 Å². The molecule has 9 nitrogen and oxygen atoms in total. The number of carbonyl (C=O) groups excluding carboxylic acids is 2. The monoisotopic (exact) mass is 435 g/mol. The highest BCUT2D eigenvalue weighted by atomic mass is 16.6. The van der Waals surface area contributed by atoms with E-state index in [1.165, 1.54) is 23.7 Å². The van der Waals surface area contributed by atoms with Crippen molar-refractivity contribution < 1.29 is 23.8 Å². The Morgan fingerprint density at radius 1 is 1.06 bits per heavy atom. The molecule has 0 spiro atoms. The fourth-order valence-corrected chi connectivity index (χ4v) is 3.07. The van der Waals surface area contributed by atoms with Crippen LogP contribution in [0, 0.1) is 0 Å². The Hall–Kier alpha value is -4.14. The summed E-state index contributed by atoms with van der Waals surface area (Å²) in [7, 11) is 0. The van der Waals surface area contributed by atoms with Crippen molar-refractivity contribution in [2.75, 3.05) is 18.5 Å². The maximum Gasteiger partial charge on any atom is 0.359 e. The first-order chi connectivity index (χ1) is 15.5. The quantitative estimate of drug-likeness (QED) is 0.592. The Bertz CT molecular complexity index is 1190. The van der Waals surface area contributed by atoms with Gasteiger partial charge in [-0.15, -0.1) is 0 Å². The highest BCUT2D eigenvalue weighted by Crippen LogP contribution is 2.32. The van der Waals surface area contributed by atoms with E-state index in [2.05, 4.69) is 10.4 Å². The van der Waals surface area contributed by atoms with Crippen LogP contribution in [0.5, 0.6) is 11.5 Å². The standard InChI is InChI=1S/C23H21N3O6/c1-15(22(28)24-17-7-9-19-20(13-17)31-12-11-30-19)32-23(29)18-8-10-21(27)26(25-18)14-16-5-3-2-4-6-16/h2-10,13,15H,11-12,14H2,1H3,(H,24,28). The molecular weight excluding hydrogens is 414 g/mol. The van der Waals surface area contributed by atoms with Crippen molar-refractivity contribution in [3.05, 3.63) is 82.3 Å². The van der Waals surface area contributed by atoms with Crippen LogP contribution in [-0.2, 0) is 16.1 Å². The number of ether oxygens (including phenoxy) is 3. The third-order valence-corrected chi connectivity index (χ3v) is 4.71. The Morgan fingerprint density at radius 3 is 2.59 bits per heavy atom. The Morgan fingerprint density at radius 2 is 1.81 bits per heavy atom. The molecule has 2 aromatic carbocycles. The van der Waals surface area contributed by atoms with Crippen LogP contribution in [0.3, 0.4) is 0 Å². The smallest absolute Gasteiger partial charge is 0.359 e. The number of hydrogen-bond acceptors (Lipinski definition) is 7. The van der Waals surface area contributed by atoms with Crippen molar-refractivity contribution in [1.82, 2.24) is 9.78 Å². The zero-order chi connectivity index (χ0) is 22.5. The average Bonchev–Trinajstić information content (AvgIpc) is 2.81. The first-order valence-corrected chi connectivity index (χ1v) is 10.0. The summed E-state index contributed by atoms with van der Waals surface area (Å²) in [5.41, 5.74) is 0.922. The summed E-state index contributed by atoms with van der Waals surface area (Å²) < 4.78 is 17.4. The molecule has 0 saturated heterocycles. The van der Waals surface area contributed by atoms with Gasteiger partial charge in [0.15, 0.2) is 23.3 Å². The SMILES string of the molecule is CC(OC(=O)c1ccc(=O)n(Cc2ccccc2)n1)C(=O)Nc1ccc2c(c1)OCCO2. The van der Waals surface area contributed by atoms with Crippen LogP contribution < -0.4 is 20.3 Å². The number of fused-ring (bicyclic) bond motifs is 1. The summed E-state index contributed by atoms with van der Waals surface area (Å²) in [6.45, 7) is 2.56. The Balaban J connectivity index is 1.40. The molecule has 1 aliphatic rings. The molecule has 32 heavy (non-hydrogen) atoms. The lowest BCUT2D eigenvalue weighted by atomic mass is 10.2. The van der Waals surface area contributed by atoms with Gasteiger partial charge in [0.05, 0.1) is 6.54 Å². The molecule has 0 fully saturated rings. The molecule has 1 amide bonds. The van der Waals surface area contributed by atoms with E-state index in [1.54, 1.807) is 18.2 Å². The first kappa shape index (κ1) is 21.1. The van der Waals surface area contributed by atoms with Gasteiger partial charge in [-0.1, -0.05) is 30.3 Å². The number of rotatable bonds is 6. The third kappa shape index (κ3) is 4.94. The number of hydrogen-bond donors (Lipinski definition) is 1. The molecule has 9 heteroatoms. The number of esters is 1. The normalized spacial score (nSPS) is 13.2. The number of amides is 1. The van der Waals surface area contributed by atoms with Crippen molar-refractivity contribution in [2.45, 2.75) is 19.6 Å². The lowest BCUT2D eigenvalue weighted by molar-refractivity contribution is -0.123.